The Hall–Kier alpha value is -2.46. The first kappa shape index (κ1) is 17.9. The molecule has 2 rings (SSSR count). The van der Waals surface area contributed by atoms with Gasteiger partial charge in [-0.1, -0.05) is 0 Å². The van der Waals surface area contributed by atoms with Crippen LogP contribution >= 0.6 is 0 Å². The minimum atomic E-state index is -1.24. The van der Waals surface area contributed by atoms with Gasteiger partial charge in [0.15, 0.2) is 12.3 Å². The van der Waals surface area contributed by atoms with E-state index in [2.05, 4.69) is 10.3 Å². The molecule has 0 radical (unpaired) electrons. The summed E-state index contributed by atoms with van der Waals surface area (Å²) in [6, 6.07) is 0. The number of rotatable bonds is 5. The van der Waals surface area contributed by atoms with Crippen molar-refractivity contribution in [3.05, 3.63) is 12.5 Å². The van der Waals surface area contributed by atoms with E-state index in [1.807, 2.05) is 0 Å². The zero-order valence-electron chi connectivity index (χ0n) is 13.5. The molecule has 0 aliphatic carbocycles. The number of amides is 1. The molecule has 1 amide bonds. The normalized spacial score (nSPS) is 26.0. The van der Waals surface area contributed by atoms with Gasteiger partial charge in [-0.25, -0.2) is 4.98 Å². The second-order valence-electron chi connectivity index (χ2n) is 5.30. The molecule has 0 saturated carbocycles. The van der Waals surface area contributed by atoms with E-state index in [-0.39, 0.29) is 12.5 Å². The number of hydrogen-bond acceptors (Lipinski definition) is 8. The van der Waals surface area contributed by atoms with Crippen LogP contribution in [0.5, 0.6) is 0 Å². The number of esters is 2. The van der Waals surface area contributed by atoms with Gasteiger partial charge in [0.1, 0.15) is 24.6 Å². The van der Waals surface area contributed by atoms with E-state index in [0.29, 0.717) is 5.82 Å². The maximum atomic E-state index is 11.3. The summed E-state index contributed by atoms with van der Waals surface area (Å²) in [7, 11) is 0. The summed E-state index contributed by atoms with van der Waals surface area (Å²) < 4.78 is 17.0. The summed E-state index contributed by atoms with van der Waals surface area (Å²) in [5.41, 5.74) is 0. The monoisotopic (exact) mass is 341 g/mol. The van der Waals surface area contributed by atoms with Gasteiger partial charge < -0.3 is 24.6 Å². The van der Waals surface area contributed by atoms with Gasteiger partial charge in [-0.3, -0.25) is 19.0 Å². The topological polar surface area (TPSA) is 129 Å². The lowest BCUT2D eigenvalue weighted by molar-refractivity contribution is -0.157. The summed E-state index contributed by atoms with van der Waals surface area (Å²) >= 11 is 0. The number of aromatic nitrogens is 2. The van der Waals surface area contributed by atoms with Gasteiger partial charge in [-0.2, -0.15) is 0 Å². The Balaban J connectivity index is 2.22. The van der Waals surface area contributed by atoms with Crippen molar-refractivity contribution < 1.29 is 33.7 Å². The second-order valence-corrected chi connectivity index (χ2v) is 5.30. The fraction of sp³-hybridized carbons (Fsp3) is 0.571. The third-order valence-corrected chi connectivity index (χ3v) is 3.31. The van der Waals surface area contributed by atoms with Gasteiger partial charge >= 0.3 is 11.9 Å². The summed E-state index contributed by atoms with van der Waals surface area (Å²) in [5.74, 6) is -1.15. The highest BCUT2D eigenvalue weighted by atomic mass is 16.6. The van der Waals surface area contributed by atoms with E-state index in [9.17, 15) is 19.5 Å². The Morgan fingerprint density at radius 3 is 2.62 bits per heavy atom. The zero-order chi connectivity index (χ0) is 17.9. The first-order chi connectivity index (χ1) is 11.3. The van der Waals surface area contributed by atoms with Crippen molar-refractivity contribution in [1.29, 1.82) is 0 Å². The Morgan fingerprint density at radius 1 is 1.33 bits per heavy atom. The highest BCUT2D eigenvalue weighted by Gasteiger charge is 2.47. The van der Waals surface area contributed by atoms with E-state index in [4.69, 9.17) is 14.2 Å². The predicted octanol–water partition coefficient (Wildman–Crippen LogP) is -0.405. The van der Waals surface area contributed by atoms with Crippen molar-refractivity contribution in [2.45, 2.75) is 45.3 Å². The maximum Gasteiger partial charge on any atom is 0.303 e. The number of ether oxygens (including phenoxy) is 3. The molecule has 1 aliphatic rings. The molecule has 1 saturated heterocycles. The molecule has 10 heteroatoms. The number of imidazole rings is 1. The highest BCUT2D eigenvalue weighted by molar-refractivity contribution is 5.87. The van der Waals surface area contributed by atoms with Crippen LogP contribution in [0.25, 0.3) is 0 Å². The van der Waals surface area contributed by atoms with Crippen LogP contribution in [0.3, 0.4) is 0 Å². The Kier molecular flexibility index (Phi) is 5.52. The van der Waals surface area contributed by atoms with E-state index < -0.39 is 36.5 Å². The van der Waals surface area contributed by atoms with Gasteiger partial charge in [0, 0.05) is 20.8 Å². The number of aliphatic hydroxyl groups is 1. The van der Waals surface area contributed by atoms with Gasteiger partial charge in [0.05, 0.1) is 12.5 Å². The minimum Gasteiger partial charge on any atom is -0.463 e. The molecule has 4 atom stereocenters. The molecule has 1 aromatic rings. The van der Waals surface area contributed by atoms with E-state index in [0.717, 1.165) is 0 Å². The molecule has 24 heavy (non-hydrogen) atoms. The smallest absolute Gasteiger partial charge is 0.303 e. The summed E-state index contributed by atoms with van der Waals surface area (Å²) in [5, 5.41) is 13.0. The number of nitrogens with one attached hydrogen (secondary N) is 1. The summed E-state index contributed by atoms with van der Waals surface area (Å²) in [6.07, 6.45) is -1.35. The zero-order valence-corrected chi connectivity index (χ0v) is 13.5. The predicted molar refractivity (Wildman–Crippen MR) is 78.6 cm³/mol. The van der Waals surface area contributed by atoms with Crippen LogP contribution in [-0.4, -0.2) is 57.4 Å². The molecule has 0 spiro atoms. The lowest BCUT2D eigenvalue weighted by Crippen LogP contribution is -2.38. The molecular formula is C14H19N3O7. The molecule has 0 aromatic carbocycles. The third kappa shape index (κ3) is 4.09. The largest absolute Gasteiger partial charge is 0.463 e. The number of anilines is 1. The van der Waals surface area contributed by atoms with Crippen molar-refractivity contribution in [3.63, 3.8) is 0 Å². The van der Waals surface area contributed by atoms with Crippen molar-refractivity contribution in [1.82, 2.24) is 9.55 Å². The average Bonchev–Trinajstić information content (AvgIpc) is 3.02. The molecule has 2 N–H and O–H groups in total. The molecule has 10 nitrogen and oxygen atoms in total. The lowest BCUT2D eigenvalue weighted by Gasteiger charge is -2.20. The van der Waals surface area contributed by atoms with Crippen molar-refractivity contribution in [2.24, 2.45) is 0 Å². The third-order valence-electron chi connectivity index (χ3n) is 3.31. The molecule has 1 aliphatic heterocycles. The van der Waals surface area contributed by atoms with Crippen molar-refractivity contribution >= 4 is 23.7 Å². The van der Waals surface area contributed by atoms with Gasteiger partial charge in [0.25, 0.3) is 0 Å². The number of aliphatic hydroxyl groups excluding tert-OH is 1. The highest BCUT2D eigenvalue weighted by Crippen LogP contribution is 2.33. The standard InChI is InChI=1S/C14H19N3O7/c1-7(18)16-11-4-15-6-17(11)14-12(21)13(23-9(3)20)10(24-14)5-22-8(2)19/h4,6,10,12-14,21H,5H2,1-3H3,(H,16,18)/t10-,12-,13-,14-/m1/s1. The van der Waals surface area contributed by atoms with Gasteiger partial charge in [0.2, 0.25) is 5.91 Å². The lowest BCUT2D eigenvalue weighted by atomic mass is 10.1. The van der Waals surface area contributed by atoms with Crippen molar-refractivity contribution in [2.75, 3.05) is 11.9 Å². The van der Waals surface area contributed by atoms with Crippen LogP contribution < -0.4 is 5.32 Å². The van der Waals surface area contributed by atoms with E-state index in [1.54, 1.807) is 0 Å². The van der Waals surface area contributed by atoms with Gasteiger partial charge in [-0.05, 0) is 0 Å². The number of carbonyl (C=O) groups is 3. The first-order valence-electron chi connectivity index (χ1n) is 7.23. The average molecular weight is 341 g/mol. The molecule has 1 fully saturated rings. The molecule has 0 bridgehead atoms. The van der Waals surface area contributed by atoms with E-state index >= 15 is 0 Å². The van der Waals surface area contributed by atoms with Crippen LogP contribution in [0.2, 0.25) is 0 Å². The number of carbonyl (C=O) groups excluding carboxylic acids is 3. The minimum absolute atomic E-state index is 0.189. The molecule has 0 unspecified atom stereocenters. The van der Waals surface area contributed by atoms with Crippen LogP contribution in [0, 0.1) is 0 Å². The Labute approximate surface area is 137 Å². The Morgan fingerprint density at radius 2 is 2.04 bits per heavy atom. The molecule has 1 aromatic heterocycles. The van der Waals surface area contributed by atoms with E-state index in [1.165, 1.54) is 37.9 Å². The van der Waals surface area contributed by atoms with Crippen LogP contribution in [0.15, 0.2) is 12.5 Å². The van der Waals surface area contributed by atoms with Gasteiger partial charge in [-0.15, -0.1) is 0 Å². The van der Waals surface area contributed by atoms with Crippen LogP contribution in [-0.2, 0) is 28.6 Å². The molecule has 2 heterocycles. The SMILES string of the molecule is CC(=O)Nc1cncn1[C@@H]1O[C@H](COC(C)=O)[C@@H](OC(C)=O)[C@H]1O. The van der Waals surface area contributed by atoms with Crippen molar-refractivity contribution in [3.8, 4) is 0 Å². The van der Waals surface area contributed by atoms with Crippen LogP contribution in [0.1, 0.15) is 27.0 Å². The fourth-order valence-electron chi connectivity index (χ4n) is 2.40. The second kappa shape index (κ2) is 7.41. The number of hydrogen-bond donors (Lipinski definition) is 2. The summed E-state index contributed by atoms with van der Waals surface area (Å²) in [4.78, 5) is 37.4. The first-order valence-corrected chi connectivity index (χ1v) is 7.23. The van der Waals surface area contributed by atoms with Crippen LogP contribution in [0.4, 0.5) is 5.82 Å². The fourth-order valence-corrected chi connectivity index (χ4v) is 2.40. The summed E-state index contributed by atoms with van der Waals surface area (Å²) in [6.45, 7) is 3.57. The quantitative estimate of drug-likeness (QED) is 0.692. The maximum absolute atomic E-state index is 11.3. The Bertz CT molecular complexity index is 630. The molecule has 132 valence electrons. The molecular weight excluding hydrogens is 322 g/mol. The number of nitrogens with zero attached hydrogens (tertiary/aromatic N) is 2.